The zero-order chi connectivity index (χ0) is 10.6. The second-order valence-corrected chi connectivity index (χ2v) is 4.10. The summed E-state index contributed by atoms with van der Waals surface area (Å²) in [5, 5.41) is 3.31. The number of aryl methyl sites for hydroxylation is 1. The van der Waals surface area contributed by atoms with Gasteiger partial charge >= 0.3 is 0 Å². The first-order chi connectivity index (χ1) is 6.63. The Morgan fingerprint density at radius 3 is 3.00 bits per heavy atom. The molecule has 1 rings (SSSR count). The summed E-state index contributed by atoms with van der Waals surface area (Å²) in [7, 11) is 0. The predicted octanol–water partition coefficient (Wildman–Crippen LogP) is 1.82. The second kappa shape index (κ2) is 5.07. The molecule has 78 valence electrons. The van der Waals surface area contributed by atoms with Crippen molar-refractivity contribution >= 4 is 22.4 Å². The predicted molar refractivity (Wildman–Crippen MR) is 56.6 cm³/mol. The van der Waals surface area contributed by atoms with Crippen LogP contribution in [-0.2, 0) is 9.53 Å². The van der Waals surface area contributed by atoms with E-state index in [0.29, 0.717) is 11.7 Å². The van der Waals surface area contributed by atoms with E-state index >= 15 is 0 Å². The van der Waals surface area contributed by atoms with Gasteiger partial charge in [0.05, 0.1) is 0 Å². The number of thiazole rings is 1. The van der Waals surface area contributed by atoms with E-state index in [9.17, 15) is 4.79 Å². The third kappa shape index (κ3) is 3.08. The van der Waals surface area contributed by atoms with Crippen LogP contribution in [0.2, 0.25) is 0 Å². The minimum atomic E-state index is -0.427. The monoisotopic (exact) mass is 214 g/mol. The van der Waals surface area contributed by atoms with E-state index in [-0.39, 0.29) is 5.91 Å². The molecule has 0 unspecified atom stereocenters. The van der Waals surface area contributed by atoms with Gasteiger partial charge < -0.3 is 4.74 Å². The van der Waals surface area contributed by atoms with Crippen molar-refractivity contribution < 1.29 is 9.53 Å². The summed E-state index contributed by atoms with van der Waals surface area (Å²) in [5.41, 5.74) is 0. The van der Waals surface area contributed by atoms with Gasteiger partial charge in [-0.1, -0.05) is 0 Å². The van der Waals surface area contributed by atoms with Gasteiger partial charge in [0.1, 0.15) is 6.10 Å². The van der Waals surface area contributed by atoms with Crippen LogP contribution in [0.15, 0.2) is 6.20 Å². The largest absolute Gasteiger partial charge is 0.369 e. The zero-order valence-corrected chi connectivity index (χ0v) is 9.35. The third-order valence-corrected chi connectivity index (χ3v) is 2.47. The number of anilines is 1. The molecule has 4 nitrogen and oxygen atoms in total. The molecule has 0 bridgehead atoms. The summed E-state index contributed by atoms with van der Waals surface area (Å²) >= 11 is 1.45. The van der Waals surface area contributed by atoms with Crippen molar-refractivity contribution in [1.82, 2.24) is 4.98 Å². The lowest BCUT2D eigenvalue weighted by molar-refractivity contribution is -0.126. The van der Waals surface area contributed by atoms with E-state index in [2.05, 4.69) is 10.3 Å². The third-order valence-electron chi connectivity index (χ3n) is 1.64. The second-order valence-electron chi connectivity index (χ2n) is 2.86. The van der Waals surface area contributed by atoms with Crippen LogP contribution in [0.4, 0.5) is 5.13 Å². The summed E-state index contributed by atoms with van der Waals surface area (Å²) < 4.78 is 5.15. The molecule has 5 heteroatoms. The number of rotatable bonds is 4. The first-order valence-corrected chi connectivity index (χ1v) is 5.30. The number of ether oxygens (including phenoxy) is 1. The van der Waals surface area contributed by atoms with Gasteiger partial charge in [-0.3, -0.25) is 10.1 Å². The Morgan fingerprint density at radius 2 is 2.50 bits per heavy atom. The first-order valence-electron chi connectivity index (χ1n) is 4.48. The Morgan fingerprint density at radius 1 is 1.79 bits per heavy atom. The summed E-state index contributed by atoms with van der Waals surface area (Å²) in [4.78, 5) is 16.5. The molecule has 0 fully saturated rings. The van der Waals surface area contributed by atoms with Gasteiger partial charge in [0.2, 0.25) is 0 Å². The molecule has 1 N–H and O–H groups in total. The standard InChI is InChI=1S/C9H14N2O2S/c1-4-13-7(3)8(12)11-9-10-5-6(2)14-9/h5,7H,4H2,1-3H3,(H,10,11,12)/t7-/m1/s1. The lowest BCUT2D eigenvalue weighted by Gasteiger charge is -2.09. The SMILES string of the molecule is CCO[C@H](C)C(=O)Nc1ncc(C)s1. The molecule has 1 aromatic rings. The van der Waals surface area contributed by atoms with Crippen LogP contribution in [0.3, 0.4) is 0 Å². The van der Waals surface area contributed by atoms with E-state index in [1.807, 2.05) is 13.8 Å². The highest BCUT2D eigenvalue weighted by molar-refractivity contribution is 7.15. The number of carbonyl (C=O) groups is 1. The molecule has 1 amide bonds. The molecule has 1 atom stereocenters. The highest BCUT2D eigenvalue weighted by atomic mass is 32.1. The van der Waals surface area contributed by atoms with Gasteiger partial charge in [-0.2, -0.15) is 0 Å². The van der Waals surface area contributed by atoms with Gasteiger partial charge in [0, 0.05) is 17.7 Å². The van der Waals surface area contributed by atoms with E-state index in [0.717, 1.165) is 4.88 Å². The number of hydrogen-bond acceptors (Lipinski definition) is 4. The number of nitrogens with zero attached hydrogens (tertiary/aromatic N) is 1. The molecule has 0 saturated heterocycles. The van der Waals surface area contributed by atoms with Crippen molar-refractivity contribution in [2.24, 2.45) is 0 Å². The van der Waals surface area contributed by atoms with Gasteiger partial charge in [-0.15, -0.1) is 11.3 Å². The Hall–Kier alpha value is -0.940. The summed E-state index contributed by atoms with van der Waals surface area (Å²) in [6.45, 7) is 6.06. The number of hydrogen-bond donors (Lipinski definition) is 1. The lowest BCUT2D eigenvalue weighted by Crippen LogP contribution is -2.27. The lowest BCUT2D eigenvalue weighted by atomic mass is 10.4. The molecule has 1 heterocycles. The van der Waals surface area contributed by atoms with E-state index in [4.69, 9.17) is 4.74 Å². The van der Waals surface area contributed by atoms with Crippen LogP contribution in [0.1, 0.15) is 18.7 Å². The minimum Gasteiger partial charge on any atom is -0.369 e. The smallest absolute Gasteiger partial charge is 0.254 e. The quantitative estimate of drug-likeness (QED) is 0.831. The highest BCUT2D eigenvalue weighted by Crippen LogP contribution is 2.16. The van der Waals surface area contributed by atoms with Crippen molar-refractivity contribution in [1.29, 1.82) is 0 Å². The molecule has 0 saturated carbocycles. The van der Waals surface area contributed by atoms with Crippen molar-refractivity contribution in [3.63, 3.8) is 0 Å². The fraction of sp³-hybridized carbons (Fsp3) is 0.556. The molecular weight excluding hydrogens is 200 g/mol. The van der Waals surface area contributed by atoms with E-state index in [1.54, 1.807) is 13.1 Å². The highest BCUT2D eigenvalue weighted by Gasteiger charge is 2.13. The first kappa shape index (κ1) is 11.1. The Labute approximate surface area is 87.3 Å². The average molecular weight is 214 g/mol. The van der Waals surface area contributed by atoms with Crippen molar-refractivity contribution in [3.8, 4) is 0 Å². The van der Waals surface area contributed by atoms with Crippen molar-refractivity contribution in [2.45, 2.75) is 26.9 Å². The summed E-state index contributed by atoms with van der Waals surface area (Å²) in [6, 6.07) is 0. The molecular formula is C9H14N2O2S. The van der Waals surface area contributed by atoms with Gasteiger partial charge in [0.25, 0.3) is 5.91 Å². The zero-order valence-electron chi connectivity index (χ0n) is 8.53. The van der Waals surface area contributed by atoms with Crippen LogP contribution in [0, 0.1) is 6.92 Å². The maximum Gasteiger partial charge on any atom is 0.254 e. The van der Waals surface area contributed by atoms with Crippen LogP contribution in [-0.4, -0.2) is 23.6 Å². The van der Waals surface area contributed by atoms with Gasteiger partial charge in [0.15, 0.2) is 5.13 Å². The number of carbonyl (C=O) groups excluding carboxylic acids is 1. The topological polar surface area (TPSA) is 51.2 Å². The van der Waals surface area contributed by atoms with Crippen LogP contribution in [0.5, 0.6) is 0 Å². The fourth-order valence-corrected chi connectivity index (χ4v) is 1.61. The van der Waals surface area contributed by atoms with Crippen LogP contribution in [0.25, 0.3) is 0 Å². The van der Waals surface area contributed by atoms with E-state index in [1.165, 1.54) is 11.3 Å². The van der Waals surface area contributed by atoms with Gasteiger partial charge in [-0.05, 0) is 20.8 Å². The molecule has 0 aliphatic carbocycles. The van der Waals surface area contributed by atoms with Crippen molar-refractivity contribution in [3.05, 3.63) is 11.1 Å². The number of nitrogens with one attached hydrogen (secondary N) is 1. The maximum atomic E-state index is 11.4. The average Bonchev–Trinajstić information content (AvgIpc) is 2.51. The fourth-order valence-electron chi connectivity index (χ4n) is 0.945. The molecule has 0 aromatic carbocycles. The summed E-state index contributed by atoms with van der Waals surface area (Å²) in [6.07, 6.45) is 1.30. The molecule has 0 aliphatic rings. The minimum absolute atomic E-state index is 0.152. The molecule has 0 aliphatic heterocycles. The van der Waals surface area contributed by atoms with Crippen molar-refractivity contribution in [2.75, 3.05) is 11.9 Å². The van der Waals surface area contributed by atoms with Gasteiger partial charge in [-0.25, -0.2) is 4.98 Å². The van der Waals surface area contributed by atoms with Crippen LogP contribution >= 0.6 is 11.3 Å². The number of amides is 1. The Kier molecular flexibility index (Phi) is 4.03. The van der Waals surface area contributed by atoms with Crippen LogP contribution < -0.4 is 5.32 Å². The number of aromatic nitrogens is 1. The Balaban J connectivity index is 2.48. The molecule has 1 aromatic heterocycles. The Bertz CT molecular complexity index is 312. The molecule has 0 spiro atoms. The maximum absolute atomic E-state index is 11.4. The normalized spacial score (nSPS) is 12.5. The molecule has 14 heavy (non-hydrogen) atoms. The summed E-state index contributed by atoms with van der Waals surface area (Å²) in [5.74, 6) is -0.152. The molecule has 0 radical (unpaired) electrons. The van der Waals surface area contributed by atoms with E-state index < -0.39 is 6.10 Å².